The van der Waals surface area contributed by atoms with Gasteiger partial charge in [-0.2, -0.15) is 0 Å². The van der Waals surface area contributed by atoms with Crippen molar-refractivity contribution in [2.45, 2.75) is 50.6 Å². The first-order chi connectivity index (χ1) is 12.2. The van der Waals surface area contributed by atoms with Gasteiger partial charge in [0.15, 0.2) is 0 Å². The molecule has 2 aromatic heterocycles. The Balaban J connectivity index is 1.35. The van der Waals surface area contributed by atoms with Crippen LogP contribution in [0.2, 0.25) is 5.15 Å². The normalized spacial score (nSPS) is 20.4. The number of aromatic nitrogens is 3. The molecule has 0 aromatic carbocycles. The number of anilines is 1. The minimum absolute atomic E-state index is 0.430. The Morgan fingerprint density at radius 3 is 2.52 bits per heavy atom. The van der Waals surface area contributed by atoms with Gasteiger partial charge in [-0.1, -0.05) is 11.6 Å². The van der Waals surface area contributed by atoms with Crippen LogP contribution in [-0.4, -0.2) is 39.0 Å². The monoisotopic (exact) mass is 357 g/mol. The summed E-state index contributed by atoms with van der Waals surface area (Å²) in [4.78, 5) is 15.7. The second-order valence-electron chi connectivity index (χ2n) is 7.12. The Morgan fingerprint density at radius 2 is 1.84 bits per heavy atom. The standard InChI is InChI=1S/C19H24ClN5/c1-13(14-4-8-21-9-5-14)25-10-6-16(7-11-25)22-18-12-17(20)23-19(24-18)15-2-3-15/h4-5,8-9,12-13,15-16H,2-3,6-7,10-11H2,1H3,(H,22,23,24). The number of nitrogens with zero attached hydrogens (tertiary/aromatic N) is 4. The third kappa shape index (κ3) is 4.10. The van der Waals surface area contributed by atoms with E-state index in [1.165, 1.54) is 18.4 Å². The van der Waals surface area contributed by atoms with Gasteiger partial charge >= 0.3 is 0 Å². The molecule has 1 saturated carbocycles. The summed E-state index contributed by atoms with van der Waals surface area (Å²) in [6, 6.07) is 6.94. The maximum absolute atomic E-state index is 6.17. The number of pyridine rings is 1. The van der Waals surface area contributed by atoms with Gasteiger partial charge in [-0.3, -0.25) is 9.88 Å². The molecular weight excluding hydrogens is 334 g/mol. The van der Waals surface area contributed by atoms with Crippen LogP contribution in [-0.2, 0) is 0 Å². The van der Waals surface area contributed by atoms with Crippen LogP contribution in [0.3, 0.4) is 0 Å². The third-order valence-electron chi connectivity index (χ3n) is 5.27. The zero-order valence-corrected chi connectivity index (χ0v) is 15.3. The molecule has 0 radical (unpaired) electrons. The van der Waals surface area contributed by atoms with Crippen molar-refractivity contribution < 1.29 is 0 Å². The minimum atomic E-state index is 0.430. The number of nitrogens with one attached hydrogen (secondary N) is 1. The number of halogens is 1. The first-order valence-corrected chi connectivity index (χ1v) is 9.52. The number of hydrogen-bond donors (Lipinski definition) is 1. The molecule has 2 fully saturated rings. The Bertz CT molecular complexity index is 711. The molecule has 6 heteroatoms. The van der Waals surface area contributed by atoms with E-state index in [-0.39, 0.29) is 0 Å². The Morgan fingerprint density at radius 1 is 1.12 bits per heavy atom. The maximum atomic E-state index is 6.17. The van der Waals surface area contributed by atoms with E-state index in [0.29, 0.717) is 23.2 Å². The quantitative estimate of drug-likeness (QED) is 0.818. The van der Waals surface area contributed by atoms with Crippen molar-refractivity contribution in [3.63, 3.8) is 0 Å². The lowest BCUT2D eigenvalue weighted by atomic mass is 10.0. The fraction of sp³-hybridized carbons (Fsp3) is 0.526. The second-order valence-corrected chi connectivity index (χ2v) is 7.51. The lowest BCUT2D eigenvalue weighted by Gasteiger charge is -2.36. The average Bonchev–Trinajstić information content (AvgIpc) is 3.47. The van der Waals surface area contributed by atoms with Crippen LogP contribution in [0.25, 0.3) is 0 Å². The molecule has 132 valence electrons. The molecule has 1 aliphatic heterocycles. The number of piperidine rings is 1. The van der Waals surface area contributed by atoms with Crippen molar-refractivity contribution in [2.24, 2.45) is 0 Å². The van der Waals surface area contributed by atoms with Crippen molar-refractivity contribution in [1.29, 1.82) is 0 Å². The molecule has 1 atom stereocenters. The number of likely N-dealkylation sites (tertiary alicyclic amines) is 1. The van der Waals surface area contributed by atoms with Gasteiger partial charge in [-0.05, 0) is 50.3 Å². The molecule has 1 unspecified atom stereocenters. The average molecular weight is 358 g/mol. The Labute approximate surface area is 153 Å². The summed E-state index contributed by atoms with van der Waals surface area (Å²) in [6.07, 6.45) is 8.33. The van der Waals surface area contributed by atoms with Crippen molar-refractivity contribution >= 4 is 17.4 Å². The van der Waals surface area contributed by atoms with E-state index in [2.05, 4.69) is 44.2 Å². The highest BCUT2D eigenvalue weighted by Gasteiger charge is 2.28. The van der Waals surface area contributed by atoms with E-state index in [0.717, 1.165) is 37.6 Å². The number of hydrogen-bond acceptors (Lipinski definition) is 5. The van der Waals surface area contributed by atoms with Crippen molar-refractivity contribution in [3.8, 4) is 0 Å². The molecule has 0 spiro atoms. The maximum Gasteiger partial charge on any atom is 0.135 e. The van der Waals surface area contributed by atoms with Crippen LogP contribution in [0.1, 0.15) is 56.0 Å². The SMILES string of the molecule is CC(c1ccncc1)N1CCC(Nc2cc(Cl)nc(C3CC3)n2)CC1. The highest BCUT2D eigenvalue weighted by Crippen LogP contribution is 2.39. The zero-order valence-electron chi connectivity index (χ0n) is 14.5. The van der Waals surface area contributed by atoms with E-state index in [1.807, 2.05) is 18.5 Å². The third-order valence-corrected chi connectivity index (χ3v) is 5.47. The van der Waals surface area contributed by atoms with Gasteiger partial charge in [0.2, 0.25) is 0 Å². The molecule has 4 rings (SSSR count). The van der Waals surface area contributed by atoms with Crippen LogP contribution in [0.15, 0.2) is 30.6 Å². The van der Waals surface area contributed by atoms with Crippen molar-refractivity contribution in [3.05, 3.63) is 47.1 Å². The summed E-state index contributed by atoms with van der Waals surface area (Å²) in [6.45, 7) is 4.43. The topological polar surface area (TPSA) is 53.9 Å². The largest absolute Gasteiger partial charge is 0.367 e. The van der Waals surface area contributed by atoms with Crippen molar-refractivity contribution in [2.75, 3.05) is 18.4 Å². The first kappa shape index (κ1) is 16.7. The fourth-order valence-corrected chi connectivity index (χ4v) is 3.72. The van der Waals surface area contributed by atoms with Gasteiger partial charge in [0.25, 0.3) is 0 Å². The van der Waals surface area contributed by atoms with Crippen LogP contribution in [0, 0.1) is 0 Å². The summed E-state index contributed by atoms with van der Waals surface area (Å²) in [5.74, 6) is 2.29. The lowest BCUT2D eigenvalue weighted by Crippen LogP contribution is -2.40. The molecule has 3 heterocycles. The Kier molecular flexibility index (Phi) is 4.86. The van der Waals surface area contributed by atoms with E-state index in [9.17, 15) is 0 Å². The van der Waals surface area contributed by atoms with Gasteiger partial charge in [-0.15, -0.1) is 0 Å². The van der Waals surface area contributed by atoms with Crippen LogP contribution < -0.4 is 5.32 Å². The molecule has 0 amide bonds. The second kappa shape index (κ2) is 7.26. The highest BCUT2D eigenvalue weighted by atomic mass is 35.5. The van der Waals surface area contributed by atoms with E-state index < -0.39 is 0 Å². The molecule has 2 aromatic rings. The molecule has 1 aliphatic carbocycles. The summed E-state index contributed by atoms with van der Waals surface area (Å²) >= 11 is 6.17. The van der Waals surface area contributed by atoms with E-state index in [1.54, 1.807) is 0 Å². The predicted molar refractivity (Wildman–Crippen MR) is 99.9 cm³/mol. The summed E-state index contributed by atoms with van der Waals surface area (Å²) in [7, 11) is 0. The highest BCUT2D eigenvalue weighted by molar-refractivity contribution is 6.29. The van der Waals surface area contributed by atoms with Crippen LogP contribution in [0.5, 0.6) is 0 Å². The molecule has 25 heavy (non-hydrogen) atoms. The molecular formula is C19H24ClN5. The molecule has 1 N–H and O–H groups in total. The van der Waals surface area contributed by atoms with E-state index in [4.69, 9.17) is 11.6 Å². The first-order valence-electron chi connectivity index (χ1n) is 9.14. The summed E-state index contributed by atoms with van der Waals surface area (Å²) < 4.78 is 0. The smallest absolute Gasteiger partial charge is 0.135 e. The summed E-state index contributed by atoms with van der Waals surface area (Å²) in [5, 5.41) is 4.12. The molecule has 2 aliphatic rings. The number of rotatable bonds is 5. The zero-order chi connectivity index (χ0) is 17.2. The van der Waals surface area contributed by atoms with Crippen LogP contribution >= 0.6 is 11.6 Å². The Hall–Kier alpha value is -1.72. The van der Waals surface area contributed by atoms with Crippen LogP contribution in [0.4, 0.5) is 5.82 Å². The van der Waals surface area contributed by atoms with Gasteiger partial charge in [0, 0.05) is 49.6 Å². The molecule has 1 saturated heterocycles. The predicted octanol–water partition coefficient (Wildman–Crippen LogP) is 4.04. The minimum Gasteiger partial charge on any atom is -0.367 e. The molecule has 5 nitrogen and oxygen atoms in total. The van der Waals surface area contributed by atoms with Gasteiger partial charge < -0.3 is 5.32 Å². The van der Waals surface area contributed by atoms with E-state index >= 15 is 0 Å². The summed E-state index contributed by atoms with van der Waals surface area (Å²) in [5.41, 5.74) is 1.33. The van der Waals surface area contributed by atoms with Gasteiger partial charge in [0.05, 0.1) is 0 Å². The lowest BCUT2D eigenvalue weighted by molar-refractivity contribution is 0.167. The fourth-order valence-electron chi connectivity index (χ4n) is 3.53. The van der Waals surface area contributed by atoms with Gasteiger partial charge in [0.1, 0.15) is 16.8 Å². The van der Waals surface area contributed by atoms with Crippen molar-refractivity contribution in [1.82, 2.24) is 19.9 Å². The van der Waals surface area contributed by atoms with Gasteiger partial charge in [-0.25, -0.2) is 9.97 Å². The molecule has 0 bridgehead atoms.